The fourth-order valence-corrected chi connectivity index (χ4v) is 1.17. The first-order chi connectivity index (χ1) is 7.35. The van der Waals surface area contributed by atoms with Crippen LogP contribution in [0.3, 0.4) is 0 Å². The lowest BCUT2D eigenvalue weighted by Gasteiger charge is -2.26. The SMILES string of the molecule is [2H]CC(C)(C)OC(=O)N(CC(=O)O)C1CC1. The van der Waals surface area contributed by atoms with Crippen LogP contribution in [0.15, 0.2) is 0 Å². The van der Waals surface area contributed by atoms with Gasteiger partial charge in [0.25, 0.3) is 0 Å². The smallest absolute Gasteiger partial charge is 0.411 e. The molecule has 0 aromatic carbocycles. The van der Waals surface area contributed by atoms with Crippen molar-refractivity contribution in [3.63, 3.8) is 0 Å². The molecular formula is C10H17NO4. The van der Waals surface area contributed by atoms with Crippen molar-refractivity contribution >= 4 is 12.1 Å². The van der Waals surface area contributed by atoms with E-state index in [0.29, 0.717) is 0 Å². The van der Waals surface area contributed by atoms with Gasteiger partial charge in [-0.1, -0.05) is 0 Å². The van der Waals surface area contributed by atoms with E-state index < -0.39 is 17.7 Å². The van der Waals surface area contributed by atoms with Crippen molar-refractivity contribution in [2.45, 2.75) is 45.2 Å². The zero-order valence-electron chi connectivity index (χ0n) is 10.0. The molecule has 0 atom stereocenters. The van der Waals surface area contributed by atoms with Gasteiger partial charge in [-0.05, 0) is 33.6 Å². The Morgan fingerprint density at radius 2 is 2.20 bits per heavy atom. The van der Waals surface area contributed by atoms with Crippen LogP contribution in [-0.4, -0.2) is 40.3 Å². The Morgan fingerprint density at radius 1 is 1.60 bits per heavy atom. The quantitative estimate of drug-likeness (QED) is 0.775. The summed E-state index contributed by atoms with van der Waals surface area (Å²) in [5, 5.41) is 8.68. The van der Waals surface area contributed by atoms with Crippen molar-refractivity contribution in [3.8, 4) is 0 Å². The van der Waals surface area contributed by atoms with E-state index >= 15 is 0 Å². The number of ether oxygens (including phenoxy) is 1. The lowest BCUT2D eigenvalue weighted by atomic mass is 10.2. The van der Waals surface area contributed by atoms with Gasteiger partial charge in [0.05, 0.1) is 0 Å². The van der Waals surface area contributed by atoms with Gasteiger partial charge in [-0.15, -0.1) is 0 Å². The predicted molar refractivity (Wildman–Crippen MR) is 53.6 cm³/mol. The fraction of sp³-hybridized carbons (Fsp3) is 0.800. The number of carboxylic acid groups (broad SMARTS) is 1. The Hall–Kier alpha value is -1.26. The fourth-order valence-electron chi connectivity index (χ4n) is 1.17. The maximum Gasteiger partial charge on any atom is 0.411 e. The Bertz CT molecular complexity index is 289. The zero-order valence-corrected chi connectivity index (χ0v) is 9.02. The summed E-state index contributed by atoms with van der Waals surface area (Å²) in [4.78, 5) is 23.5. The molecule has 1 amide bonds. The third kappa shape index (κ3) is 4.18. The van der Waals surface area contributed by atoms with Gasteiger partial charge in [-0.25, -0.2) is 4.79 Å². The number of carbonyl (C=O) groups excluding carboxylic acids is 1. The molecule has 5 heteroatoms. The van der Waals surface area contributed by atoms with E-state index in [0.717, 1.165) is 12.8 Å². The molecule has 0 heterocycles. The molecule has 0 unspecified atom stereocenters. The largest absolute Gasteiger partial charge is 0.480 e. The first-order valence-electron chi connectivity index (χ1n) is 5.57. The summed E-state index contributed by atoms with van der Waals surface area (Å²) in [7, 11) is 0. The molecule has 0 aromatic heterocycles. The lowest BCUT2D eigenvalue weighted by molar-refractivity contribution is -0.138. The van der Waals surface area contributed by atoms with Crippen LogP contribution in [0, 0.1) is 0 Å². The molecular weight excluding hydrogens is 198 g/mol. The number of hydrogen-bond donors (Lipinski definition) is 1. The summed E-state index contributed by atoms with van der Waals surface area (Å²) in [6, 6.07) is -0.00914. The van der Waals surface area contributed by atoms with Gasteiger partial charge < -0.3 is 9.84 Å². The van der Waals surface area contributed by atoms with Crippen molar-refractivity contribution in [1.82, 2.24) is 4.90 Å². The minimum Gasteiger partial charge on any atom is -0.480 e. The first kappa shape index (κ1) is 10.3. The highest BCUT2D eigenvalue weighted by Crippen LogP contribution is 2.28. The molecule has 1 fully saturated rings. The molecule has 0 spiro atoms. The third-order valence-electron chi connectivity index (χ3n) is 1.89. The van der Waals surface area contributed by atoms with E-state index in [1.807, 2.05) is 0 Å². The van der Waals surface area contributed by atoms with E-state index in [2.05, 4.69) is 0 Å². The Morgan fingerprint density at radius 3 is 2.60 bits per heavy atom. The maximum absolute atomic E-state index is 11.7. The molecule has 1 aliphatic carbocycles. The van der Waals surface area contributed by atoms with Crippen LogP contribution in [0.2, 0.25) is 0 Å². The van der Waals surface area contributed by atoms with Gasteiger partial charge in [0.1, 0.15) is 12.1 Å². The number of amides is 1. The number of carbonyl (C=O) groups is 2. The molecule has 0 aliphatic heterocycles. The van der Waals surface area contributed by atoms with Crippen LogP contribution >= 0.6 is 0 Å². The van der Waals surface area contributed by atoms with E-state index in [9.17, 15) is 9.59 Å². The number of rotatable bonds is 3. The normalized spacial score (nSPS) is 16.8. The molecule has 1 N–H and O–H groups in total. The van der Waals surface area contributed by atoms with Crippen molar-refractivity contribution in [1.29, 1.82) is 0 Å². The molecule has 5 nitrogen and oxygen atoms in total. The standard InChI is InChI=1S/C10H17NO4/c1-10(2,3)15-9(14)11(6-8(12)13)7-4-5-7/h7H,4-6H2,1-3H3,(H,12,13)/i1D. The molecule has 0 bridgehead atoms. The molecule has 0 radical (unpaired) electrons. The van der Waals surface area contributed by atoms with Gasteiger partial charge in [0.2, 0.25) is 0 Å². The first-order valence-corrected chi connectivity index (χ1v) is 4.86. The Labute approximate surface area is 90.4 Å². The second-order valence-corrected chi connectivity index (χ2v) is 4.38. The van der Waals surface area contributed by atoms with E-state index in [4.69, 9.17) is 11.2 Å². The number of hydrogen-bond acceptors (Lipinski definition) is 3. The second kappa shape index (κ2) is 4.08. The molecule has 0 saturated heterocycles. The molecule has 0 aromatic rings. The van der Waals surface area contributed by atoms with Crippen LogP contribution in [0.5, 0.6) is 0 Å². The topological polar surface area (TPSA) is 66.8 Å². The van der Waals surface area contributed by atoms with Crippen molar-refractivity contribution < 1.29 is 20.8 Å². The maximum atomic E-state index is 11.7. The lowest BCUT2D eigenvalue weighted by Crippen LogP contribution is -2.41. The minimum atomic E-state index is -1.05. The van der Waals surface area contributed by atoms with Crippen LogP contribution in [0.4, 0.5) is 4.79 Å². The summed E-state index contributed by atoms with van der Waals surface area (Å²) in [6.07, 6.45) is 1.01. The van der Waals surface area contributed by atoms with Crippen molar-refractivity contribution in [2.75, 3.05) is 6.54 Å². The number of carboxylic acids is 1. The molecule has 1 saturated carbocycles. The van der Waals surface area contributed by atoms with Gasteiger partial charge in [-0.2, -0.15) is 0 Å². The van der Waals surface area contributed by atoms with Gasteiger partial charge in [0.15, 0.2) is 0 Å². The van der Waals surface area contributed by atoms with Crippen LogP contribution in [0.1, 0.15) is 35.0 Å². The molecule has 86 valence electrons. The molecule has 1 rings (SSSR count). The minimum absolute atomic E-state index is 0.00914. The zero-order chi connectivity index (χ0) is 12.3. The summed E-state index contributed by atoms with van der Waals surface area (Å²) in [6.45, 7) is 2.87. The summed E-state index contributed by atoms with van der Waals surface area (Å²) >= 11 is 0. The highest BCUT2D eigenvalue weighted by atomic mass is 16.6. The average molecular weight is 216 g/mol. The Kier molecular flexibility index (Phi) is 2.79. The predicted octanol–water partition coefficient (Wildman–Crippen LogP) is 1.47. The van der Waals surface area contributed by atoms with Gasteiger partial charge in [-0.3, -0.25) is 9.69 Å². The van der Waals surface area contributed by atoms with E-state index in [1.165, 1.54) is 4.90 Å². The van der Waals surface area contributed by atoms with Crippen LogP contribution in [-0.2, 0) is 9.53 Å². The van der Waals surface area contributed by atoms with Crippen LogP contribution < -0.4 is 0 Å². The van der Waals surface area contributed by atoms with Gasteiger partial charge >= 0.3 is 12.1 Å². The van der Waals surface area contributed by atoms with Crippen molar-refractivity contribution in [3.05, 3.63) is 0 Å². The van der Waals surface area contributed by atoms with E-state index in [1.54, 1.807) is 13.8 Å². The Balaban J connectivity index is 2.57. The van der Waals surface area contributed by atoms with Crippen LogP contribution in [0.25, 0.3) is 0 Å². The number of aliphatic carboxylic acids is 1. The number of nitrogens with zero attached hydrogens (tertiary/aromatic N) is 1. The second-order valence-electron chi connectivity index (χ2n) is 4.38. The summed E-state index contributed by atoms with van der Waals surface area (Å²) in [5.41, 5.74) is -0.872. The monoisotopic (exact) mass is 216 g/mol. The van der Waals surface area contributed by atoms with Gasteiger partial charge in [0, 0.05) is 7.41 Å². The third-order valence-corrected chi connectivity index (χ3v) is 1.89. The molecule has 15 heavy (non-hydrogen) atoms. The highest BCUT2D eigenvalue weighted by Gasteiger charge is 2.36. The average Bonchev–Trinajstić information content (AvgIpc) is 2.96. The van der Waals surface area contributed by atoms with Crippen molar-refractivity contribution in [2.24, 2.45) is 0 Å². The van der Waals surface area contributed by atoms with E-state index in [-0.39, 0.29) is 19.5 Å². The summed E-state index contributed by atoms with van der Waals surface area (Å²) < 4.78 is 12.3. The molecule has 1 aliphatic rings. The summed E-state index contributed by atoms with van der Waals surface area (Å²) in [5.74, 6) is -1.05. The highest BCUT2D eigenvalue weighted by molar-refractivity contribution is 5.77.